The van der Waals surface area contributed by atoms with E-state index < -0.39 is 0 Å². The monoisotopic (exact) mass is 483 g/mol. The van der Waals surface area contributed by atoms with E-state index in [2.05, 4.69) is 76.8 Å². The molecule has 1 aromatic heterocycles. The first kappa shape index (κ1) is 21.5. The Morgan fingerprint density at radius 3 is 2.78 bits per heavy atom. The fraction of sp³-hybridized carbons (Fsp3) is 0.500. The summed E-state index contributed by atoms with van der Waals surface area (Å²) >= 11 is 0. The van der Waals surface area contributed by atoms with E-state index in [9.17, 15) is 0 Å². The van der Waals surface area contributed by atoms with Gasteiger partial charge in [0.15, 0.2) is 11.7 Å². The Morgan fingerprint density at radius 2 is 2.11 bits per heavy atom. The number of aromatic nitrogens is 1. The molecule has 1 atom stereocenters. The molecule has 2 N–H and O–H groups in total. The minimum absolute atomic E-state index is 0. The van der Waals surface area contributed by atoms with E-state index in [1.807, 2.05) is 6.07 Å². The van der Waals surface area contributed by atoms with Crippen LogP contribution < -0.4 is 15.5 Å². The molecule has 1 aliphatic heterocycles. The van der Waals surface area contributed by atoms with Crippen LogP contribution in [0.1, 0.15) is 44.6 Å². The van der Waals surface area contributed by atoms with Crippen LogP contribution in [0.15, 0.2) is 45.9 Å². The summed E-state index contributed by atoms with van der Waals surface area (Å²) in [5.74, 6) is 1.99. The van der Waals surface area contributed by atoms with Crippen molar-refractivity contribution in [2.45, 2.75) is 45.7 Å². The van der Waals surface area contributed by atoms with E-state index in [1.165, 1.54) is 5.69 Å². The Balaban J connectivity index is 0.00000261. The second kappa shape index (κ2) is 10.5. The molecule has 1 fully saturated rings. The summed E-state index contributed by atoms with van der Waals surface area (Å²) in [6.07, 6.45) is 1.10. The molecule has 1 aliphatic rings. The van der Waals surface area contributed by atoms with Crippen molar-refractivity contribution >= 4 is 35.6 Å². The lowest BCUT2D eigenvalue weighted by Crippen LogP contribution is -2.44. The van der Waals surface area contributed by atoms with Gasteiger partial charge < -0.3 is 20.1 Å². The van der Waals surface area contributed by atoms with Crippen molar-refractivity contribution < 1.29 is 4.52 Å². The van der Waals surface area contributed by atoms with Crippen molar-refractivity contribution in [1.82, 2.24) is 15.8 Å². The van der Waals surface area contributed by atoms with Gasteiger partial charge in [-0.2, -0.15) is 0 Å². The topological polar surface area (TPSA) is 65.7 Å². The van der Waals surface area contributed by atoms with E-state index in [0.29, 0.717) is 18.5 Å². The largest absolute Gasteiger partial charge is 0.369 e. The van der Waals surface area contributed by atoms with Gasteiger partial charge in [-0.1, -0.05) is 37.2 Å². The Kier molecular flexibility index (Phi) is 8.40. The van der Waals surface area contributed by atoms with Crippen LogP contribution in [0.25, 0.3) is 0 Å². The van der Waals surface area contributed by atoms with E-state index in [1.54, 1.807) is 0 Å². The first-order valence-corrected chi connectivity index (χ1v) is 9.46. The molecule has 1 saturated heterocycles. The Morgan fingerprint density at radius 1 is 1.33 bits per heavy atom. The van der Waals surface area contributed by atoms with Crippen molar-refractivity contribution in [1.29, 1.82) is 0 Å². The second-order valence-corrected chi connectivity index (χ2v) is 6.98. The minimum Gasteiger partial charge on any atom is -0.369 e. The van der Waals surface area contributed by atoms with E-state index >= 15 is 0 Å². The van der Waals surface area contributed by atoms with Crippen LogP contribution in [0.4, 0.5) is 5.69 Å². The van der Waals surface area contributed by atoms with Crippen LogP contribution >= 0.6 is 24.0 Å². The highest BCUT2D eigenvalue weighted by Crippen LogP contribution is 2.19. The minimum atomic E-state index is 0. The number of benzene rings is 1. The Labute approximate surface area is 178 Å². The van der Waals surface area contributed by atoms with Gasteiger partial charge in [-0.05, 0) is 31.4 Å². The Bertz CT molecular complexity index is 716. The first-order valence-electron chi connectivity index (χ1n) is 9.46. The summed E-state index contributed by atoms with van der Waals surface area (Å²) in [7, 11) is 0. The molecule has 27 heavy (non-hydrogen) atoms. The van der Waals surface area contributed by atoms with Crippen LogP contribution in [-0.4, -0.2) is 36.8 Å². The highest BCUT2D eigenvalue weighted by atomic mass is 127. The standard InChI is InChI=1S/C20H29N5O.HI/c1-4-21-20(22-13-18-12-19(15(2)3)24-26-18)23-16-10-11-25(14-16)17-8-6-5-7-9-17;/h5-9,12,15-16H,4,10-11,13-14H2,1-3H3,(H2,21,22,23);1H. The number of nitrogens with zero attached hydrogens (tertiary/aromatic N) is 3. The number of hydrogen-bond acceptors (Lipinski definition) is 4. The SMILES string of the molecule is CCNC(=NCc1cc(C(C)C)no1)NC1CCN(c2ccccc2)C1.I. The zero-order valence-corrected chi connectivity index (χ0v) is 18.6. The van der Waals surface area contributed by atoms with Crippen molar-refractivity contribution in [3.8, 4) is 0 Å². The summed E-state index contributed by atoms with van der Waals surface area (Å²) in [5.41, 5.74) is 2.25. The average Bonchev–Trinajstić information content (AvgIpc) is 3.30. The van der Waals surface area contributed by atoms with E-state index in [4.69, 9.17) is 4.52 Å². The van der Waals surface area contributed by atoms with Crippen molar-refractivity contribution in [3.63, 3.8) is 0 Å². The maximum absolute atomic E-state index is 5.38. The molecule has 7 heteroatoms. The van der Waals surface area contributed by atoms with Gasteiger partial charge in [-0.15, -0.1) is 24.0 Å². The van der Waals surface area contributed by atoms with Crippen LogP contribution in [0.3, 0.4) is 0 Å². The van der Waals surface area contributed by atoms with Gasteiger partial charge in [0.2, 0.25) is 0 Å². The molecule has 1 aromatic carbocycles. The molecule has 0 saturated carbocycles. The molecule has 0 amide bonds. The van der Waals surface area contributed by atoms with Crippen molar-refractivity contribution in [3.05, 3.63) is 47.9 Å². The van der Waals surface area contributed by atoms with Crippen molar-refractivity contribution in [2.24, 2.45) is 4.99 Å². The number of halogens is 1. The third kappa shape index (κ3) is 6.12. The number of guanidine groups is 1. The summed E-state index contributed by atoms with van der Waals surface area (Å²) in [6.45, 7) is 9.64. The molecule has 6 nitrogen and oxygen atoms in total. The number of aliphatic imine (C=N–C) groups is 1. The quantitative estimate of drug-likeness (QED) is 0.372. The maximum Gasteiger partial charge on any atom is 0.191 e. The van der Waals surface area contributed by atoms with Crippen LogP contribution in [-0.2, 0) is 6.54 Å². The van der Waals surface area contributed by atoms with E-state index in [0.717, 1.165) is 43.5 Å². The summed E-state index contributed by atoms with van der Waals surface area (Å²) in [4.78, 5) is 7.07. The third-order valence-corrected chi connectivity index (χ3v) is 4.56. The highest BCUT2D eigenvalue weighted by molar-refractivity contribution is 14.0. The fourth-order valence-corrected chi connectivity index (χ4v) is 3.10. The molecule has 3 rings (SSSR count). The van der Waals surface area contributed by atoms with Gasteiger partial charge in [0.1, 0.15) is 6.54 Å². The molecule has 2 heterocycles. The number of rotatable bonds is 6. The summed E-state index contributed by atoms with van der Waals surface area (Å²) < 4.78 is 5.38. The van der Waals surface area contributed by atoms with Crippen molar-refractivity contribution in [2.75, 3.05) is 24.5 Å². The number of para-hydroxylation sites is 1. The zero-order valence-electron chi connectivity index (χ0n) is 16.3. The van der Waals surface area contributed by atoms with Crippen LogP contribution in [0, 0.1) is 0 Å². The molecular weight excluding hydrogens is 453 g/mol. The lowest BCUT2D eigenvalue weighted by Gasteiger charge is -2.20. The predicted molar refractivity (Wildman–Crippen MR) is 121 cm³/mol. The molecule has 148 valence electrons. The molecule has 1 unspecified atom stereocenters. The molecule has 0 spiro atoms. The molecule has 0 radical (unpaired) electrons. The molecule has 0 bridgehead atoms. The van der Waals surface area contributed by atoms with Gasteiger partial charge in [0.05, 0.1) is 5.69 Å². The average molecular weight is 483 g/mol. The number of anilines is 1. The predicted octanol–water partition coefficient (Wildman–Crippen LogP) is 3.75. The van der Waals surface area contributed by atoms with Gasteiger partial charge in [-0.3, -0.25) is 0 Å². The smallest absolute Gasteiger partial charge is 0.191 e. The summed E-state index contributed by atoms with van der Waals surface area (Å²) in [5, 5.41) is 11.0. The van der Waals surface area contributed by atoms with Crippen LogP contribution in [0.2, 0.25) is 0 Å². The normalized spacial score (nSPS) is 17.1. The lowest BCUT2D eigenvalue weighted by atomic mass is 10.1. The van der Waals surface area contributed by atoms with Gasteiger partial charge in [0, 0.05) is 37.4 Å². The Hall–Kier alpha value is -1.77. The molecule has 0 aliphatic carbocycles. The first-order chi connectivity index (χ1) is 12.7. The maximum atomic E-state index is 5.38. The van der Waals surface area contributed by atoms with Crippen LogP contribution in [0.5, 0.6) is 0 Å². The number of nitrogens with one attached hydrogen (secondary N) is 2. The highest BCUT2D eigenvalue weighted by Gasteiger charge is 2.23. The third-order valence-electron chi connectivity index (χ3n) is 4.56. The van der Waals surface area contributed by atoms with Gasteiger partial charge >= 0.3 is 0 Å². The zero-order chi connectivity index (χ0) is 18.4. The molecular formula is C20H30IN5O. The lowest BCUT2D eigenvalue weighted by molar-refractivity contribution is 0.376. The fourth-order valence-electron chi connectivity index (χ4n) is 3.10. The number of hydrogen-bond donors (Lipinski definition) is 2. The summed E-state index contributed by atoms with van der Waals surface area (Å²) in [6, 6.07) is 12.9. The van der Waals surface area contributed by atoms with Gasteiger partial charge in [-0.25, -0.2) is 4.99 Å². The van der Waals surface area contributed by atoms with E-state index in [-0.39, 0.29) is 24.0 Å². The van der Waals surface area contributed by atoms with Gasteiger partial charge in [0.25, 0.3) is 0 Å². The molecule has 2 aromatic rings. The second-order valence-electron chi connectivity index (χ2n) is 6.98.